The molecule has 0 radical (unpaired) electrons. The first-order chi connectivity index (χ1) is 14.4. The van der Waals surface area contributed by atoms with Crippen molar-refractivity contribution < 1.29 is 19.1 Å². The number of hydrogen-bond donors (Lipinski definition) is 2. The van der Waals surface area contributed by atoms with Gasteiger partial charge in [-0.15, -0.1) is 11.3 Å². The lowest BCUT2D eigenvalue weighted by molar-refractivity contribution is -0.136. The van der Waals surface area contributed by atoms with Gasteiger partial charge < -0.3 is 10.1 Å². The molecule has 1 atom stereocenters. The number of benzene rings is 1. The van der Waals surface area contributed by atoms with Gasteiger partial charge in [0.25, 0.3) is 0 Å². The van der Waals surface area contributed by atoms with Crippen molar-refractivity contribution in [3.05, 3.63) is 50.3 Å². The van der Waals surface area contributed by atoms with Crippen molar-refractivity contribution in [2.24, 2.45) is 11.0 Å². The summed E-state index contributed by atoms with van der Waals surface area (Å²) in [5.74, 6) is -1.78. The first-order valence-corrected chi connectivity index (χ1v) is 11.2. The molecule has 1 heterocycles. The van der Waals surface area contributed by atoms with E-state index in [4.69, 9.17) is 4.74 Å². The van der Waals surface area contributed by atoms with Gasteiger partial charge in [0.2, 0.25) is 0 Å². The van der Waals surface area contributed by atoms with E-state index in [2.05, 4.69) is 38.7 Å². The Morgan fingerprint density at radius 1 is 1.33 bits per heavy atom. The highest BCUT2D eigenvalue weighted by molar-refractivity contribution is 9.10. The molecule has 0 aliphatic heterocycles. The van der Waals surface area contributed by atoms with E-state index >= 15 is 0 Å². The van der Waals surface area contributed by atoms with E-state index in [-0.39, 0.29) is 6.61 Å². The molecule has 30 heavy (non-hydrogen) atoms. The lowest BCUT2D eigenvalue weighted by Crippen LogP contribution is -2.32. The van der Waals surface area contributed by atoms with E-state index < -0.39 is 17.8 Å². The van der Waals surface area contributed by atoms with Crippen LogP contribution in [-0.4, -0.2) is 30.6 Å². The number of thiophene rings is 1. The third kappa shape index (κ3) is 5.34. The lowest BCUT2D eigenvalue weighted by Gasteiger charge is -2.18. The Labute approximate surface area is 187 Å². The van der Waals surface area contributed by atoms with Gasteiger partial charge in [0, 0.05) is 9.35 Å². The maximum Gasteiger partial charge on any atom is 0.341 e. The van der Waals surface area contributed by atoms with Gasteiger partial charge in [-0.1, -0.05) is 35.0 Å². The Morgan fingerprint density at radius 2 is 2.13 bits per heavy atom. The average molecular weight is 492 g/mol. The number of rotatable bonds is 5. The average Bonchev–Trinajstić information content (AvgIpc) is 3.04. The zero-order valence-electron chi connectivity index (χ0n) is 16.7. The minimum atomic E-state index is -0.921. The molecular formula is C21H22BrN3O4S. The maximum absolute atomic E-state index is 12.5. The fourth-order valence-electron chi connectivity index (χ4n) is 3.22. The van der Waals surface area contributed by atoms with Crippen LogP contribution < -0.4 is 10.7 Å². The molecule has 2 amide bonds. The first kappa shape index (κ1) is 22.2. The Bertz CT molecular complexity index is 1000. The number of amides is 2. The second-order valence-electron chi connectivity index (χ2n) is 6.98. The van der Waals surface area contributed by atoms with E-state index in [1.807, 2.05) is 24.3 Å². The monoisotopic (exact) mass is 491 g/mol. The molecule has 0 fully saturated rings. The minimum absolute atomic E-state index is 0.234. The van der Waals surface area contributed by atoms with Crippen LogP contribution in [0.5, 0.6) is 0 Å². The molecule has 0 bridgehead atoms. The molecule has 158 valence electrons. The Morgan fingerprint density at radius 3 is 2.87 bits per heavy atom. The van der Waals surface area contributed by atoms with E-state index in [1.54, 1.807) is 6.92 Å². The number of anilines is 1. The molecule has 3 rings (SSSR count). The summed E-state index contributed by atoms with van der Waals surface area (Å²) in [7, 11) is 0. The second kappa shape index (κ2) is 9.99. The smallest absolute Gasteiger partial charge is 0.341 e. The van der Waals surface area contributed by atoms with Crippen molar-refractivity contribution in [2.75, 3.05) is 11.9 Å². The van der Waals surface area contributed by atoms with E-state index in [9.17, 15) is 14.4 Å². The van der Waals surface area contributed by atoms with Crippen LogP contribution in [0.4, 0.5) is 5.00 Å². The van der Waals surface area contributed by atoms with Crippen molar-refractivity contribution in [1.29, 1.82) is 0 Å². The molecule has 0 spiro atoms. The Hall–Kier alpha value is -2.52. The van der Waals surface area contributed by atoms with Crippen LogP contribution in [0.15, 0.2) is 33.8 Å². The summed E-state index contributed by atoms with van der Waals surface area (Å²) in [6.07, 6.45) is 3.99. The summed E-state index contributed by atoms with van der Waals surface area (Å²) in [5, 5.41) is 6.73. The van der Waals surface area contributed by atoms with Gasteiger partial charge in [-0.05, 0) is 55.4 Å². The molecule has 2 aromatic rings. The number of esters is 1. The predicted octanol–water partition coefficient (Wildman–Crippen LogP) is 3.90. The van der Waals surface area contributed by atoms with E-state index in [0.717, 1.165) is 39.7 Å². The van der Waals surface area contributed by atoms with Crippen molar-refractivity contribution in [2.45, 2.75) is 33.1 Å². The van der Waals surface area contributed by atoms with Crippen LogP contribution >= 0.6 is 27.3 Å². The normalized spacial score (nSPS) is 15.5. The summed E-state index contributed by atoms with van der Waals surface area (Å²) in [6.45, 7) is 4.12. The topological polar surface area (TPSA) is 96.9 Å². The standard InChI is InChI=1S/C21H22BrN3O4S/c1-3-29-21(28)17-15-8-7-12(2)9-16(15)30-20(17)24-18(26)19(27)25-23-11-13-5-4-6-14(22)10-13/h4-6,10-12H,3,7-9H2,1-2H3,(H,24,26)(H,25,27). The highest BCUT2D eigenvalue weighted by atomic mass is 79.9. The summed E-state index contributed by atoms with van der Waals surface area (Å²) in [5.41, 5.74) is 4.24. The second-order valence-corrected chi connectivity index (χ2v) is 9.01. The fourth-order valence-corrected chi connectivity index (χ4v) is 5.03. The number of nitrogens with zero attached hydrogens (tertiary/aromatic N) is 1. The third-order valence-corrected chi connectivity index (χ3v) is 6.32. The number of carbonyl (C=O) groups is 3. The van der Waals surface area contributed by atoms with Gasteiger partial charge in [0.15, 0.2) is 0 Å². The highest BCUT2D eigenvalue weighted by Crippen LogP contribution is 2.40. The minimum Gasteiger partial charge on any atom is -0.462 e. The molecule has 2 N–H and O–H groups in total. The molecule has 1 aromatic heterocycles. The van der Waals surface area contributed by atoms with Crippen LogP contribution in [0.25, 0.3) is 0 Å². The first-order valence-electron chi connectivity index (χ1n) is 9.60. The van der Waals surface area contributed by atoms with Crippen molar-refractivity contribution >= 4 is 56.3 Å². The summed E-state index contributed by atoms with van der Waals surface area (Å²) >= 11 is 4.68. The highest BCUT2D eigenvalue weighted by Gasteiger charge is 2.30. The molecule has 9 heteroatoms. The fraction of sp³-hybridized carbons (Fsp3) is 0.333. The van der Waals surface area contributed by atoms with Crippen molar-refractivity contribution in [1.82, 2.24) is 5.43 Å². The van der Waals surface area contributed by atoms with E-state index in [1.165, 1.54) is 17.6 Å². The lowest BCUT2D eigenvalue weighted by atomic mass is 9.88. The molecule has 1 aromatic carbocycles. The molecular weight excluding hydrogens is 470 g/mol. The van der Waals surface area contributed by atoms with Crippen LogP contribution in [0.3, 0.4) is 0 Å². The van der Waals surface area contributed by atoms with Gasteiger partial charge in [-0.25, -0.2) is 10.2 Å². The molecule has 0 saturated heterocycles. The number of ether oxygens (including phenoxy) is 1. The van der Waals surface area contributed by atoms with Crippen LogP contribution in [-0.2, 0) is 27.2 Å². The number of halogens is 1. The van der Waals surface area contributed by atoms with Crippen LogP contribution in [0.2, 0.25) is 0 Å². The van der Waals surface area contributed by atoms with Crippen molar-refractivity contribution in [3.63, 3.8) is 0 Å². The van der Waals surface area contributed by atoms with Gasteiger partial charge >= 0.3 is 17.8 Å². The number of nitrogens with one attached hydrogen (secondary N) is 2. The Balaban J connectivity index is 1.72. The molecule has 1 unspecified atom stereocenters. The zero-order chi connectivity index (χ0) is 21.7. The van der Waals surface area contributed by atoms with Gasteiger partial charge in [0.05, 0.1) is 18.4 Å². The predicted molar refractivity (Wildman–Crippen MR) is 120 cm³/mol. The van der Waals surface area contributed by atoms with Crippen LogP contribution in [0, 0.1) is 5.92 Å². The molecule has 0 saturated carbocycles. The van der Waals surface area contributed by atoms with Gasteiger partial charge in [0.1, 0.15) is 5.00 Å². The van der Waals surface area contributed by atoms with Gasteiger partial charge in [-0.3, -0.25) is 9.59 Å². The summed E-state index contributed by atoms with van der Waals surface area (Å²) in [6, 6.07) is 7.32. The molecule has 1 aliphatic carbocycles. The van der Waals surface area contributed by atoms with Crippen molar-refractivity contribution in [3.8, 4) is 0 Å². The number of hydrogen-bond acceptors (Lipinski definition) is 6. The quantitative estimate of drug-likeness (QED) is 0.286. The Kier molecular flexibility index (Phi) is 7.38. The SMILES string of the molecule is CCOC(=O)c1c(NC(=O)C(=O)NN=Cc2cccc(Br)c2)sc2c1CCC(C)C2. The largest absolute Gasteiger partial charge is 0.462 e. The summed E-state index contributed by atoms with van der Waals surface area (Å²) in [4.78, 5) is 38.1. The van der Waals surface area contributed by atoms with Crippen LogP contribution in [0.1, 0.15) is 46.6 Å². The number of carbonyl (C=O) groups excluding carboxylic acids is 3. The number of fused-ring (bicyclic) bond motifs is 1. The maximum atomic E-state index is 12.5. The summed E-state index contributed by atoms with van der Waals surface area (Å²) < 4.78 is 6.05. The zero-order valence-corrected chi connectivity index (χ0v) is 19.1. The number of hydrazone groups is 1. The molecule has 7 nitrogen and oxygen atoms in total. The van der Waals surface area contributed by atoms with E-state index in [0.29, 0.717) is 16.5 Å². The molecule has 1 aliphatic rings. The van der Waals surface area contributed by atoms with Gasteiger partial charge in [-0.2, -0.15) is 5.10 Å². The third-order valence-electron chi connectivity index (χ3n) is 4.65.